The van der Waals surface area contributed by atoms with Gasteiger partial charge in [0.2, 0.25) is 0 Å². The number of benzene rings is 1. The van der Waals surface area contributed by atoms with Gasteiger partial charge >= 0.3 is 0 Å². The van der Waals surface area contributed by atoms with Crippen molar-refractivity contribution in [3.8, 4) is 0 Å². The van der Waals surface area contributed by atoms with Crippen molar-refractivity contribution in [1.29, 1.82) is 0 Å². The van der Waals surface area contributed by atoms with Crippen molar-refractivity contribution < 1.29 is 14.2 Å². The Balaban J connectivity index is 2.87. The molecule has 2 atom stereocenters. The van der Waals surface area contributed by atoms with E-state index in [-0.39, 0.29) is 5.82 Å². The monoisotopic (exact) mass is 304 g/mol. The first kappa shape index (κ1) is 14.6. The molecule has 0 saturated carbocycles. The summed E-state index contributed by atoms with van der Waals surface area (Å²) in [6.07, 6.45) is 0.379. The maximum Gasteiger partial charge on any atom is 0.123 e. The van der Waals surface area contributed by atoms with Gasteiger partial charge in [0, 0.05) is 18.0 Å². The second-order valence-electron chi connectivity index (χ2n) is 4.33. The molecule has 0 bridgehead atoms. The van der Waals surface area contributed by atoms with E-state index < -0.39 is 11.7 Å². The molecule has 96 valence electrons. The second kappa shape index (κ2) is 5.94. The van der Waals surface area contributed by atoms with Gasteiger partial charge in [-0.3, -0.25) is 0 Å². The van der Waals surface area contributed by atoms with Crippen LogP contribution in [0.25, 0.3) is 0 Å². The van der Waals surface area contributed by atoms with Crippen LogP contribution in [0.1, 0.15) is 25.8 Å². The van der Waals surface area contributed by atoms with Gasteiger partial charge in [-0.1, -0.05) is 22.9 Å². The van der Waals surface area contributed by atoms with E-state index >= 15 is 0 Å². The average molecular weight is 305 g/mol. The van der Waals surface area contributed by atoms with Gasteiger partial charge in [-0.2, -0.15) is 0 Å². The highest BCUT2D eigenvalue weighted by molar-refractivity contribution is 9.10. The van der Waals surface area contributed by atoms with Crippen molar-refractivity contribution in [3.05, 3.63) is 34.1 Å². The summed E-state index contributed by atoms with van der Waals surface area (Å²) < 4.78 is 19.3. The van der Waals surface area contributed by atoms with Crippen molar-refractivity contribution in [2.45, 2.75) is 38.4 Å². The Kier molecular flexibility index (Phi) is 5.10. The molecule has 0 radical (unpaired) electrons. The molecule has 0 aliphatic carbocycles. The van der Waals surface area contributed by atoms with Crippen LogP contribution in [-0.4, -0.2) is 23.9 Å². The molecule has 0 heterocycles. The number of aliphatic hydroxyl groups excluding tert-OH is 1. The standard InChI is InChI=1S/C13H18BrFO2/c1-4-13(2,17-3)12(16)8-9-7-10(15)5-6-11(9)14/h5-7,12,16H,4,8H2,1-3H3. The van der Waals surface area contributed by atoms with Crippen LogP contribution in [0.4, 0.5) is 4.39 Å². The first-order valence-corrected chi connectivity index (χ1v) is 6.39. The third-order valence-electron chi connectivity index (χ3n) is 3.29. The summed E-state index contributed by atoms with van der Waals surface area (Å²) in [5.41, 5.74) is 0.139. The average Bonchev–Trinajstić information content (AvgIpc) is 2.32. The normalized spacial score (nSPS) is 16.6. The highest BCUT2D eigenvalue weighted by atomic mass is 79.9. The molecule has 17 heavy (non-hydrogen) atoms. The molecule has 2 unspecified atom stereocenters. The minimum Gasteiger partial charge on any atom is -0.390 e. The molecular weight excluding hydrogens is 287 g/mol. The van der Waals surface area contributed by atoms with Crippen LogP contribution >= 0.6 is 15.9 Å². The summed E-state index contributed by atoms with van der Waals surface area (Å²) >= 11 is 3.35. The van der Waals surface area contributed by atoms with Gasteiger partial charge < -0.3 is 9.84 Å². The van der Waals surface area contributed by atoms with Crippen LogP contribution < -0.4 is 0 Å². The van der Waals surface area contributed by atoms with Gasteiger partial charge in [0.15, 0.2) is 0 Å². The van der Waals surface area contributed by atoms with Crippen LogP contribution in [0, 0.1) is 5.82 Å². The molecule has 0 spiro atoms. The van der Waals surface area contributed by atoms with E-state index in [0.29, 0.717) is 12.8 Å². The van der Waals surface area contributed by atoms with E-state index in [9.17, 15) is 9.50 Å². The summed E-state index contributed by atoms with van der Waals surface area (Å²) in [6.45, 7) is 3.80. The summed E-state index contributed by atoms with van der Waals surface area (Å²) in [6, 6.07) is 4.46. The Labute approximate surface area is 110 Å². The zero-order chi connectivity index (χ0) is 13.1. The smallest absolute Gasteiger partial charge is 0.123 e. The first-order chi connectivity index (χ1) is 7.92. The Hall–Kier alpha value is -0.450. The van der Waals surface area contributed by atoms with E-state index in [1.807, 2.05) is 13.8 Å². The van der Waals surface area contributed by atoms with Gasteiger partial charge in [-0.05, 0) is 37.1 Å². The molecule has 1 aromatic carbocycles. The van der Waals surface area contributed by atoms with Crippen molar-refractivity contribution >= 4 is 15.9 Å². The maximum atomic E-state index is 13.1. The zero-order valence-electron chi connectivity index (χ0n) is 10.3. The lowest BCUT2D eigenvalue weighted by atomic mass is 9.91. The van der Waals surface area contributed by atoms with Gasteiger partial charge in [0.1, 0.15) is 5.82 Å². The minimum atomic E-state index is -0.671. The Morgan fingerprint density at radius 3 is 2.71 bits per heavy atom. The summed E-state index contributed by atoms with van der Waals surface area (Å²) in [5, 5.41) is 10.2. The lowest BCUT2D eigenvalue weighted by molar-refractivity contribution is -0.0915. The number of aliphatic hydroxyl groups is 1. The molecule has 1 N–H and O–H groups in total. The maximum absolute atomic E-state index is 13.1. The first-order valence-electron chi connectivity index (χ1n) is 5.60. The SMILES string of the molecule is CCC(C)(OC)C(O)Cc1cc(F)ccc1Br. The molecule has 0 aromatic heterocycles. The van der Waals surface area contributed by atoms with E-state index in [1.165, 1.54) is 12.1 Å². The predicted molar refractivity (Wildman–Crippen MR) is 69.5 cm³/mol. The molecule has 1 aromatic rings. The molecule has 0 fully saturated rings. The van der Waals surface area contributed by atoms with Gasteiger partial charge in [-0.25, -0.2) is 4.39 Å². The zero-order valence-corrected chi connectivity index (χ0v) is 11.9. The minimum absolute atomic E-state index is 0.300. The molecule has 0 amide bonds. The third-order valence-corrected chi connectivity index (χ3v) is 4.07. The number of ether oxygens (including phenoxy) is 1. The van der Waals surface area contributed by atoms with Crippen LogP contribution in [0.15, 0.2) is 22.7 Å². The molecule has 0 aliphatic heterocycles. The van der Waals surface area contributed by atoms with Crippen molar-refractivity contribution in [2.24, 2.45) is 0 Å². The fourth-order valence-electron chi connectivity index (χ4n) is 1.64. The predicted octanol–water partition coefficient (Wildman–Crippen LogP) is 3.31. The van der Waals surface area contributed by atoms with E-state index in [2.05, 4.69) is 15.9 Å². The Bertz CT molecular complexity index is 378. The van der Waals surface area contributed by atoms with Crippen LogP contribution in [0.3, 0.4) is 0 Å². The summed E-state index contributed by atoms with van der Waals surface area (Å²) in [5.74, 6) is -0.300. The van der Waals surface area contributed by atoms with Crippen molar-refractivity contribution in [1.82, 2.24) is 0 Å². The Morgan fingerprint density at radius 1 is 1.53 bits per heavy atom. The Morgan fingerprint density at radius 2 is 2.18 bits per heavy atom. The molecular formula is C13H18BrFO2. The quantitative estimate of drug-likeness (QED) is 0.904. The summed E-state index contributed by atoms with van der Waals surface area (Å²) in [4.78, 5) is 0. The number of hydrogen-bond donors (Lipinski definition) is 1. The fraction of sp³-hybridized carbons (Fsp3) is 0.538. The van der Waals surface area contributed by atoms with Crippen molar-refractivity contribution in [3.63, 3.8) is 0 Å². The molecule has 0 aliphatic rings. The van der Waals surface area contributed by atoms with E-state index in [4.69, 9.17) is 4.74 Å². The van der Waals surface area contributed by atoms with Gasteiger partial charge in [0.25, 0.3) is 0 Å². The van der Waals surface area contributed by atoms with Crippen LogP contribution in [0.2, 0.25) is 0 Å². The molecule has 0 saturated heterocycles. The highest BCUT2D eigenvalue weighted by Crippen LogP contribution is 2.26. The lowest BCUT2D eigenvalue weighted by Gasteiger charge is -2.32. The topological polar surface area (TPSA) is 29.5 Å². The van der Waals surface area contributed by atoms with Gasteiger partial charge in [-0.15, -0.1) is 0 Å². The van der Waals surface area contributed by atoms with Crippen LogP contribution in [-0.2, 0) is 11.2 Å². The lowest BCUT2D eigenvalue weighted by Crippen LogP contribution is -2.42. The van der Waals surface area contributed by atoms with E-state index in [1.54, 1.807) is 13.2 Å². The second-order valence-corrected chi connectivity index (χ2v) is 5.18. The van der Waals surface area contributed by atoms with E-state index in [0.717, 1.165) is 10.0 Å². The molecule has 4 heteroatoms. The number of hydrogen-bond acceptors (Lipinski definition) is 2. The highest BCUT2D eigenvalue weighted by Gasteiger charge is 2.31. The number of halogens is 2. The fourth-order valence-corrected chi connectivity index (χ4v) is 2.05. The van der Waals surface area contributed by atoms with Crippen LogP contribution in [0.5, 0.6) is 0 Å². The van der Waals surface area contributed by atoms with Crippen molar-refractivity contribution in [2.75, 3.05) is 7.11 Å². The number of rotatable bonds is 5. The number of methoxy groups -OCH3 is 1. The molecule has 1 rings (SSSR count). The summed E-state index contributed by atoms with van der Waals surface area (Å²) in [7, 11) is 1.58. The van der Waals surface area contributed by atoms with Gasteiger partial charge in [0.05, 0.1) is 11.7 Å². The largest absolute Gasteiger partial charge is 0.390 e. The third kappa shape index (κ3) is 3.50. The molecule has 2 nitrogen and oxygen atoms in total.